The zero-order chi connectivity index (χ0) is 15.6. The van der Waals surface area contributed by atoms with Crippen molar-refractivity contribution in [1.82, 2.24) is 9.62 Å². The summed E-state index contributed by atoms with van der Waals surface area (Å²) in [6, 6.07) is 0. The molecule has 1 heterocycles. The van der Waals surface area contributed by atoms with Crippen LogP contribution in [0.4, 0.5) is 0 Å². The SMILES string of the molecule is CNC(=O)C1CN(S(=O)(=O)C2CC(C)CC(C)C2)CCO1. The van der Waals surface area contributed by atoms with Gasteiger partial charge in [0.05, 0.1) is 11.9 Å². The van der Waals surface area contributed by atoms with Crippen molar-refractivity contribution in [1.29, 1.82) is 0 Å². The van der Waals surface area contributed by atoms with Crippen molar-refractivity contribution >= 4 is 15.9 Å². The van der Waals surface area contributed by atoms with Crippen LogP contribution in [0.5, 0.6) is 0 Å². The van der Waals surface area contributed by atoms with Crippen LogP contribution in [0, 0.1) is 11.8 Å². The Balaban J connectivity index is 2.09. The summed E-state index contributed by atoms with van der Waals surface area (Å²) in [5, 5.41) is 2.20. The highest BCUT2D eigenvalue weighted by Gasteiger charge is 2.40. The zero-order valence-corrected chi connectivity index (χ0v) is 13.9. The third kappa shape index (κ3) is 3.76. The largest absolute Gasteiger partial charge is 0.366 e. The van der Waals surface area contributed by atoms with Crippen LogP contribution in [0.25, 0.3) is 0 Å². The van der Waals surface area contributed by atoms with E-state index in [2.05, 4.69) is 19.2 Å². The molecule has 0 radical (unpaired) electrons. The predicted molar refractivity (Wildman–Crippen MR) is 80.3 cm³/mol. The Labute approximate surface area is 127 Å². The van der Waals surface area contributed by atoms with Crippen LogP contribution in [-0.4, -0.2) is 56.7 Å². The van der Waals surface area contributed by atoms with E-state index in [0.717, 1.165) is 6.42 Å². The molecular weight excluding hydrogens is 292 g/mol. The maximum Gasteiger partial charge on any atom is 0.250 e. The average Bonchev–Trinajstić information content (AvgIpc) is 2.45. The Morgan fingerprint density at radius 3 is 2.38 bits per heavy atom. The van der Waals surface area contributed by atoms with E-state index in [1.807, 2.05) is 0 Å². The first kappa shape index (κ1) is 16.7. The Hall–Kier alpha value is -0.660. The van der Waals surface area contributed by atoms with E-state index < -0.39 is 16.1 Å². The van der Waals surface area contributed by atoms with E-state index in [9.17, 15) is 13.2 Å². The molecule has 21 heavy (non-hydrogen) atoms. The van der Waals surface area contributed by atoms with E-state index in [1.165, 1.54) is 11.4 Å². The molecule has 122 valence electrons. The van der Waals surface area contributed by atoms with Crippen molar-refractivity contribution in [3.8, 4) is 0 Å². The molecule has 7 heteroatoms. The second-order valence-electron chi connectivity index (χ2n) is 6.42. The number of rotatable bonds is 3. The fourth-order valence-electron chi connectivity index (χ4n) is 3.50. The number of amides is 1. The fourth-order valence-corrected chi connectivity index (χ4v) is 5.74. The highest BCUT2D eigenvalue weighted by molar-refractivity contribution is 7.89. The maximum atomic E-state index is 12.8. The van der Waals surface area contributed by atoms with Crippen LogP contribution in [0.2, 0.25) is 0 Å². The lowest BCUT2D eigenvalue weighted by atomic mass is 9.83. The minimum Gasteiger partial charge on any atom is -0.366 e. The van der Waals surface area contributed by atoms with Gasteiger partial charge in [-0.15, -0.1) is 0 Å². The summed E-state index contributed by atoms with van der Waals surface area (Å²) < 4.78 is 32.5. The molecule has 1 aliphatic carbocycles. The van der Waals surface area contributed by atoms with Gasteiger partial charge >= 0.3 is 0 Å². The Kier molecular flexibility index (Phi) is 5.27. The average molecular weight is 318 g/mol. The van der Waals surface area contributed by atoms with Gasteiger partial charge in [0.15, 0.2) is 0 Å². The molecule has 1 saturated carbocycles. The van der Waals surface area contributed by atoms with Crippen LogP contribution >= 0.6 is 0 Å². The van der Waals surface area contributed by atoms with Gasteiger partial charge in [-0.05, 0) is 31.1 Å². The van der Waals surface area contributed by atoms with Gasteiger partial charge in [-0.25, -0.2) is 8.42 Å². The molecule has 0 bridgehead atoms. The molecule has 0 aromatic rings. The van der Waals surface area contributed by atoms with Crippen molar-refractivity contribution in [3.63, 3.8) is 0 Å². The third-order valence-corrected chi connectivity index (χ3v) is 6.76. The van der Waals surface area contributed by atoms with E-state index in [4.69, 9.17) is 4.74 Å². The zero-order valence-electron chi connectivity index (χ0n) is 13.0. The van der Waals surface area contributed by atoms with Gasteiger partial charge in [0.2, 0.25) is 15.9 Å². The van der Waals surface area contributed by atoms with Gasteiger partial charge in [0, 0.05) is 20.1 Å². The molecule has 1 saturated heterocycles. The summed E-state index contributed by atoms with van der Waals surface area (Å²) in [5.41, 5.74) is 0. The number of nitrogens with one attached hydrogen (secondary N) is 1. The normalized spacial score (nSPS) is 35.4. The summed E-state index contributed by atoms with van der Waals surface area (Å²) in [5.74, 6) is 0.605. The molecule has 3 unspecified atom stereocenters. The number of hydrogen-bond acceptors (Lipinski definition) is 4. The van der Waals surface area contributed by atoms with Crippen LogP contribution < -0.4 is 5.32 Å². The lowest BCUT2D eigenvalue weighted by Crippen LogP contribution is -2.53. The molecule has 3 atom stereocenters. The van der Waals surface area contributed by atoms with E-state index in [0.29, 0.717) is 31.2 Å². The van der Waals surface area contributed by atoms with Crippen LogP contribution in [0.1, 0.15) is 33.1 Å². The number of nitrogens with zero attached hydrogens (tertiary/aromatic N) is 1. The number of morpholine rings is 1. The fraction of sp³-hybridized carbons (Fsp3) is 0.929. The van der Waals surface area contributed by atoms with Gasteiger partial charge in [0.1, 0.15) is 6.10 Å². The monoisotopic (exact) mass is 318 g/mol. The van der Waals surface area contributed by atoms with E-state index in [-0.39, 0.29) is 24.3 Å². The summed E-state index contributed by atoms with van der Waals surface area (Å²) in [6.07, 6.45) is 1.83. The van der Waals surface area contributed by atoms with Crippen molar-refractivity contribution in [2.75, 3.05) is 26.7 Å². The number of hydrogen-bond donors (Lipinski definition) is 1. The highest BCUT2D eigenvalue weighted by Crippen LogP contribution is 2.34. The molecule has 0 spiro atoms. The smallest absolute Gasteiger partial charge is 0.250 e. The van der Waals surface area contributed by atoms with Crippen LogP contribution in [-0.2, 0) is 19.6 Å². The Morgan fingerprint density at radius 2 is 1.81 bits per heavy atom. The molecule has 2 aliphatic rings. The molecule has 2 rings (SSSR count). The van der Waals surface area contributed by atoms with E-state index in [1.54, 1.807) is 0 Å². The number of ether oxygens (including phenoxy) is 1. The number of carbonyl (C=O) groups excluding carboxylic acids is 1. The molecule has 1 aliphatic heterocycles. The van der Waals surface area contributed by atoms with Crippen LogP contribution in [0.3, 0.4) is 0 Å². The highest BCUT2D eigenvalue weighted by atomic mass is 32.2. The molecular formula is C14H26N2O4S. The van der Waals surface area contributed by atoms with Crippen molar-refractivity contribution in [2.45, 2.75) is 44.5 Å². The summed E-state index contributed by atoms with van der Waals surface area (Å²) in [7, 11) is -1.82. The standard InChI is InChI=1S/C14H26N2O4S/c1-10-6-11(2)8-12(7-10)21(18,19)16-4-5-20-13(9-16)14(17)15-3/h10-13H,4-9H2,1-3H3,(H,15,17). The number of carbonyl (C=O) groups is 1. The first-order valence-electron chi connectivity index (χ1n) is 7.66. The molecule has 2 fully saturated rings. The molecule has 0 aromatic heterocycles. The lowest BCUT2D eigenvalue weighted by Gasteiger charge is -2.37. The quantitative estimate of drug-likeness (QED) is 0.826. The molecule has 0 aromatic carbocycles. The summed E-state index contributed by atoms with van der Waals surface area (Å²) in [6.45, 7) is 4.97. The van der Waals surface area contributed by atoms with Crippen molar-refractivity contribution in [2.24, 2.45) is 11.8 Å². The maximum absolute atomic E-state index is 12.8. The minimum absolute atomic E-state index is 0.126. The van der Waals surface area contributed by atoms with Crippen LogP contribution in [0.15, 0.2) is 0 Å². The van der Waals surface area contributed by atoms with Gasteiger partial charge in [-0.3, -0.25) is 4.79 Å². The van der Waals surface area contributed by atoms with Gasteiger partial charge in [0.25, 0.3) is 0 Å². The first-order chi connectivity index (χ1) is 9.84. The first-order valence-corrected chi connectivity index (χ1v) is 9.17. The summed E-state index contributed by atoms with van der Waals surface area (Å²) in [4.78, 5) is 11.7. The number of likely N-dealkylation sites (N-methyl/N-ethyl adjacent to an activating group) is 1. The van der Waals surface area contributed by atoms with Crippen molar-refractivity contribution < 1.29 is 17.9 Å². The lowest BCUT2D eigenvalue weighted by molar-refractivity contribution is -0.135. The molecule has 1 amide bonds. The van der Waals surface area contributed by atoms with Gasteiger partial charge in [-0.1, -0.05) is 13.8 Å². The molecule has 1 N–H and O–H groups in total. The van der Waals surface area contributed by atoms with Gasteiger partial charge in [-0.2, -0.15) is 4.31 Å². The minimum atomic E-state index is -3.35. The second-order valence-corrected chi connectivity index (χ2v) is 8.63. The van der Waals surface area contributed by atoms with Gasteiger partial charge < -0.3 is 10.1 Å². The topological polar surface area (TPSA) is 75.7 Å². The number of sulfonamides is 1. The second kappa shape index (κ2) is 6.62. The Morgan fingerprint density at radius 1 is 1.19 bits per heavy atom. The summed E-state index contributed by atoms with van der Waals surface area (Å²) >= 11 is 0. The Bertz CT molecular complexity index is 469. The third-order valence-electron chi connectivity index (χ3n) is 4.48. The molecule has 6 nitrogen and oxygen atoms in total. The predicted octanol–water partition coefficient (Wildman–Crippen LogP) is 0.588. The van der Waals surface area contributed by atoms with Crippen molar-refractivity contribution in [3.05, 3.63) is 0 Å². The van der Waals surface area contributed by atoms with E-state index >= 15 is 0 Å².